The van der Waals surface area contributed by atoms with E-state index in [0.717, 1.165) is 4.90 Å². The van der Waals surface area contributed by atoms with E-state index in [0.29, 0.717) is 37.6 Å². The zero-order valence-electron chi connectivity index (χ0n) is 13.0. The van der Waals surface area contributed by atoms with Crippen LogP contribution in [-0.4, -0.2) is 50.0 Å². The van der Waals surface area contributed by atoms with Gasteiger partial charge in [0.1, 0.15) is 19.1 Å². The van der Waals surface area contributed by atoms with Crippen LogP contribution in [0.3, 0.4) is 0 Å². The number of carboxylic acid groups (broad SMARTS) is 1. The highest BCUT2D eigenvalue weighted by atomic mass is 16.5. The van der Waals surface area contributed by atoms with Crippen LogP contribution in [0.1, 0.15) is 23.7 Å². The van der Waals surface area contributed by atoms with Gasteiger partial charge >= 0.3 is 0 Å². The molecular weight excluding hydrogens is 300 g/mol. The molecule has 23 heavy (non-hydrogen) atoms. The molecule has 0 saturated carbocycles. The molecule has 1 aromatic carbocycles. The van der Waals surface area contributed by atoms with E-state index >= 15 is 0 Å². The molecule has 7 heteroatoms. The summed E-state index contributed by atoms with van der Waals surface area (Å²) in [5.74, 6) is -1.69. The summed E-state index contributed by atoms with van der Waals surface area (Å²) in [6.07, 6.45) is -0.161. The summed E-state index contributed by atoms with van der Waals surface area (Å²) in [7, 11) is 0. The quantitative estimate of drug-likeness (QED) is 0.606. The first-order valence-electron chi connectivity index (χ1n) is 7.51. The number of ether oxygens (including phenoxy) is 1. The lowest BCUT2D eigenvalue weighted by Crippen LogP contribution is -3.19. The van der Waals surface area contributed by atoms with Gasteiger partial charge in [0.2, 0.25) is 5.91 Å². The van der Waals surface area contributed by atoms with Crippen molar-refractivity contribution in [3.8, 4) is 0 Å². The average Bonchev–Trinajstić information content (AvgIpc) is 2.53. The van der Waals surface area contributed by atoms with Gasteiger partial charge in [-0.2, -0.15) is 0 Å². The van der Waals surface area contributed by atoms with E-state index in [1.54, 1.807) is 24.3 Å². The number of carbonyl (C=O) groups excluding carboxylic acids is 3. The van der Waals surface area contributed by atoms with E-state index < -0.39 is 17.9 Å². The van der Waals surface area contributed by atoms with Crippen LogP contribution in [0.25, 0.3) is 0 Å². The van der Waals surface area contributed by atoms with Gasteiger partial charge in [-0.3, -0.25) is 9.59 Å². The summed E-state index contributed by atoms with van der Waals surface area (Å²) in [4.78, 5) is 35.4. The summed E-state index contributed by atoms with van der Waals surface area (Å²) in [6, 6.07) is 5.56. The van der Waals surface area contributed by atoms with Gasteiger partial charge in [0.15, 0.2) is 5.78 Å². The number of nitrogens with one attached hydrogen (secondary N) is 2. The fourth-order valence-corrected chi connectivity index (χ4v) is 2.56. The molecule has 1 aliphatic rings. The van der Waals surface area contributed by atoms with Crippen molar-refractivity contribution in [1.82, 2.24) is 0 Å². The smallest absolute Gasteiger partial charge is 0.230 e. The molecule has 1 aromatic rings. The van der Waals surface area contributed by atoms with E-state index in [2.05, 4.69) is 5.32 Å². The lowest BCUT2D eigenvalue weighted by Gasteiger charge is -2.31. The summed E-state index contributed by atoms with van der Waals surface area (Å²) in [5, 5.41) is 14.0. The van der Waals surface area contributed by atoms with Crippen molar-refractivity contribution in [3.05, 3.63) is 29.8 Å². The minimum atomic E-state index is -1.23. The van der Waals surface area contributed by atoms with Crippen molar-refractivity contribution in [2.75, 3.05) is 31.6 Å². The number of ketones is 1. The molecule has 1 aliphatic heterocycles. The molecule has 0 bridgehead atoms. The minimum absolute atomic E-state index is 0.0594. The molecule has 0 radical (unpaired) electrons. The normalized spacial score (nSPS) is 16.6. The maximum Gasteiger partial charge on any atom is 0.230 e. The Hall–Kier alpha value is -2.25. The molecule has 7 nitrogen and oxygen atoms in total. The highest BCUT2D eigenvalue weighted by molar-refractivity contribution is 5.96. The number of carboxylic acids is 1. The first-order chi connectivity index (χ1) is 11.0. The lowest BCUT2D eigenvalue weighted by molar-refractivity contribution is -0.925. The topological polar surface area (TPSA) is 100.0 Å². The van der Waals surface area contributed by atoms with Gasteiger partial charge in [0.25, 0.3) is 0 Å². The summed E-state index contributed by atoms with van der Waals surface area (Å²) >= 11 is 0. The Labute approximate surface area is 134 Å². The maximum absolute atomic E-state index is 12.1. The predicted octanol–water partition coefficient (Wildman–Crippen LogP) is -1.75. The second-order valence-electron chi connectivity index (χ2n) is 5.53. The number of Topliss-reactive ketones (excluding diaryl/α,β-unsaturated/α-hetero) is 1. The van der Waals surface area contributed by atoms with Crippen LogP contribution >= 0.6 is 0 Å². The van der Waals surface area contributed by atoms with Crippen molar-refractivity contribution < 1.29 is 29.1 Å². The lowest BCUT2D eigenvalue weighted by atomic mass is 10.1. The van der Waals surface area contributed by atoms with Crippen LogP contribution in [0, 0.1) is 0 Å². The standard InChI is InChI=1S/C16H20N2O5/c1-11(19)12-2-4-13(5-3-12)17-15(20)10-14(16(21)22)18-6-8-23-9-7-18/h2-5,14H,6-10H2,1H3,(H,17,20)(H,21,22)/t14-/m1/s1. The molecule has 0 spiro atoms. The Balaban J connectivity index is 1.95. The second-order valence-corrected chi connectivity index (χ2v) is 5.53. The van der Waals surface area contributed by atoms with Crippen LogP contribution in [0.2, 0.25) is 0 Å². The second kappa shape index (κ2) is 7.85. The summed E-state index contributed by atoms with van der Waals surface area (Å²) in [5.41, 5.74) is 1.07. The van der Waals surface area contributed by atoms with Crippen LogP contribution in [0.5, 0.6) is 0 Å². The molecule has 1 heterocycles. The van der Waals surface area contributed by atoms with Crippen LogP contribution in [0.4, 0.5) is 5.69 Å². The van der Waals surface area contributed by atoms with Crippen molar-refractivity contribution in [1.29, 1.82) is 0 Å². The number of amides is 1. The fourth-order valence-electron chi connectivity index (χ4n) is 2.56. The van der Waals surface area contributed by atoms with Crippen molar-refractivity contribution >= 4 is 23.3 Å². The van der Waals surface area contributed by atoms with Gasteiger partial charge in [-0.25, -0.2) is 0 Å². The molecular formula is C16H20N2O5. The Morgan fingerprint density at radius 2 is 1.83 bits per heavy atom. The summed E-state index contributed by atoms with van der Waals surface area (Å²) in [6.45, 7) is 3.50. The van der Waals surface area contributed by atoms with Gasteiger partial charge in [-0.15, -0.1) is 0 Å². The predicted molar refractivity (Wildman–Crippen MR) is 80.0 cm³/mol. The van der Waals surface area contributed by atoms with Gasteiger partial charge in [-0.05, 0) is 31.2 Å². The minimum Gasteiger partial charge on any atom is -0.544 e. The van der Waals surface area contributed by atoms with Gasteiger partial charge < -0.3 is 24.9 Å². The number of quaternary nitrogens is 1. The van der Waals surface area contributed by atoms with Crippen LogP contribution < -0.4 is 15.3 Å². The molecule has 2 rings (SSSR count). The molecule has 1 saturated heterocycles. The molecule has 124 valence electrons. The number of carbonyl (C=O) groups is 3. The maximum atomic E-state index is 12.1. The molecule has 0 aromatic heterocycles. The molecule has 0 unspecified atom stereocenters. The number of hydrogen-bond donors (Lipinski definition) is 2. The fraction of sp³-hybridized carbons (Fsp3) is 0.438. The molecule has 0 aliphatic carbocycles. The first-order valence-corrected chi connectivity index (χ1v) is 7.51. The molecule has 2 N–H and O–H groups in total. The van der Waals surface area contributed by atoms with Gasteiger partial charge in [-0.1, -0.05) is 0 Å². The van der Waals surface area contributed by atoms with E-state index in [1.165, 1.54) is 6.92 Å². The number of aliphatic carboxylic acids is 1. The van der Waals surface area contributed by atoms with E-state index in [1.807, 2.05) is 0 Å². The third-order valence-corrected chi connectivity index (χ3v) is 3.88. The van der Waals surface area contributed by atoms with E-state index in [-0.39, 0.29) is 12.2 Å². The molecule has 1 fully saturated rings. The Bertz CT molecular complexity index is 579. The third kappa shape index (κ3) is 4.87. The van der Waals surface area contributed by atoms with E-state index in [9.17, 15) is 19.5 Å². The van der Waals surface area contributed by atoms with Crippen LogP contribution in [0.15, 0.2) is 24.3 Å². The van der Waals surface area contributed by atoms with Crippen LogP contribution in [-0.2, 0) is 14.3 Å². The van der Waals surface area contributed by atoms with Gasteiger partial charge in [0, 0.05) is 11.3 Å². The van der Waals surface area contributed by atoms with Crippen molar-refractivity contribution in [2.45, 2.75) is 19.4 Å². The molecule has 1 amide bonds. The molecule has 1 atom stereocenters. The Kier molecular flexibility index (Phi) is 5.84. The third-order valence-electron chi connectivity index (χ3n) is 3.88. The number of benzene rings is 1. The number of hydrogen-bond acceptors (Lipinski definition) is 5. The zero-order valence-corrected chi connectivity index (χ0v) is 13.0. The highest BCUT2D eigenvalue weighted by Gasteiger charge is 2.28. The Morgan fingerprint density at radius 3 is 2.35 bits per heavy atom. The largest absolute Gasteiger partial charge is 0.544 e. The van der Waals surface area contributed by atoms with Crippen molar-refractivity contribution in [3.63, 3.8) is 0 Å². The Morgan fingerprint density at radius 1 is 1.22 bits per heavy atom. The number of anilines is 1. The van der Waals surface area contributed by atoms with E-state index in [4.69, 9.17) is 4.74 Å². The summed E-state index contributed by atoms with van der Waals surface area (Å²) < 4.78 is 5.20. The number of rotatable bonds is 6. The number of morpholine rings is 1. The first kappa shape index (κ1) is 17.1. The highest BCUT2D eigenvalue weighted by Crippen LogP contribution is 2.10. The SMILES string of the molecule is CC(=O)c1ccc(NC(=O)C[C@H](C(=O)[O-])[NH+]2CCOCC2)cc1. The monoisotopic (exact) mass is 320 g/mol. The van der Waals surface area contributed by atoms with Crippen molar-refractivity contribution in [2.24, 2.45) is 0 Å². The average molecular weight is 320 g/mol. The zero-order chi connectivity index (χ0) is 16.8. The van der Waals surface area contributed by atoms with Gasteiger partial charge in [0.05, 0.1) is 25.6 Å².